The molecular weight excluding hydrogens is 236 g/mol. The molecule has 0 saturated heterocycles. The fourth-order valence-corrected chi connectivity index (χ4v) is 11.6. The van der Waals surface area contributed by atoms with Crippen LogP contribution in [0.3, 0.4) is 0 Å². The van der Waals surface area contributed by atoms with Crippen LogP contribution < -0.4 is 0 Å². The van der Waals surface area contributed by atoms with Crippen molar-refractivity contribution in [1.82, 2.24) is 0 Å². The van der Waals surface area contributed by atoms with Crippen molar-refractivity contribution in [1.29, 1.82) is 0 Å². The van der Waals surface area contributed by atoms with E-state index in [9.17, 15) is 0 Å². The van der Waals surface area contributed by atoms with Crippen LogP contribution in [0, 0.1) is 17.8 Å². The van der Waals surface area contributed by atoms with E-state index in [4.69, 9.17) is 4.43 Å². The topological polar surface area (TPSA) is 9.23 Å². The third-order valence-electron chi connectivity index (χ3n) is 6.57. The Labute approximate surface area is 114 Å². The highest BCUT2D eigenvalue weighted by Gasteiger charge is 2.61. The maximum atomic E-state index is 6.55. The Morgan fingerprint density at radius 2 is 1.33 bits per heavy atom. The van der Waals surface area contributed by atoms with Gasteiger partial charge >= 0.3 is 0 Å². The Hall–Kier alpha value is 0.177. The molecule has 0 aromatic heterocycles. The molecule has 0 atom stereocenters. The molecule has 4 bridgehead atoms. The van der Waals surface area contributed by atoms with Crippen molar-refractivity contribution in [3.63, 3.8) is 0 Å². The zero-order valence-corrected chi connectivity index (χ0v) is 13.5. The molecule has 4 fully saturated rings. The van der Waals surface area contributed by atoms with Crippen molar-refractivity contribution >= 4 is 8.32 Å². The lowest BCUT2D eigenvalue weighted by Crippen LogP contribution is -2.58. The molecule has 18 heavy (non-hydrogen) atoms. The molecule has 1 nitrogen and oxygen atoms in total. The molecule has 2 heteroatoms. The van der Waals surface area contributed by atoms with Gasteiger partial charge in [-0.15, -0.1) is 0 Å². The molecular formula is C16H30OSi. The average molecular weight is 267 g/mol. The van der Waals surface area contributed by atoms with Crippen molar-refractivity contribution in [3.8, 4) is 0 Å². The van der Waals surface area contributed by atoms with Crippen molar-refractivity contribution in [2.45, 2.75) is 76.4 Å². The molecule has 4 aliphatic rings. The van der Waals surface area contributed by atoms with Gasteiger partial charge in [0, 0.05) is 6.61 Å². The van der Waals surface area contributed by atoms with Crippen molar-refractivity contribution in [3.05, 3.63) is 0 Å². The van der Waals surface area contributed by atoms with Gasteiger partial charge in [-0.3, -0.25) is 0 Å². The first-order valence-electron chi connectivity index (χ1n) is 8.31. The fourth-order valence-electron chi connectivity index (χ4n) is 6.30. The molecule has 0 spiro atoms. The highest BCUT2D eigenvalue weighted by Crippen LogP contribution is 2.68. The lowest BCUT2D eigenvalue weighted by molar-refractivity contribution is 0.0144. The minimum atomic E-state index is -1.49. The number of hydrogen-bond acceptors (Lipinski definition) is 1. The second-order valence-corrected chi connectivity index (χ2v) is 12.1. The molecule has 4 rings (SSSR count). The fraction of sp³-hybridized carbons (Fsp3) is 1.00. The normalized spacial score (nSPS) is 42.5. The molecule has 0 radical (unpaired) electrons. The summed E-state index contributed by atoms with van der Waals surface area (Å²) in [4.78, 5) is 0. The molecule has 0 aromatic carbocycles. The molecule has 0 aliphatic heterocycles. The summed E-state index contributed by atoms with van der Waals surface area (Å²) < 4.78 is 6.55. The Morgan fingerprint density at radius 3 is 1.67 bits per heavy atom. The van der Waals surface area contributed by atoms with Gasteiger partial charge in [0.1, 0.15) is 0 Å². The van der Waals surface area contributed by atoms with Crippen LogP contribution in [0.5, 0.6) is 0 Å². The number of rotatable bonds is 5. The van der Waals surface area contributed by atoms with Gasteiger partial charge in [-0.1, -0.05) is 13.8 Å². The summed E-state index contributed by atoms with van der Waals surface area (Å²) in [5, 5.41) is 0.682. The lowest BCUT2D eigenvalue weighted by Gasteiger charge is -2.62. The van der Waals surface area contributed by atoms with Crippen LogP contribution in [0.4, 0.5) is 0 Å². The van der Waals surface area contributed by atoms with Crippen molar-refractivity contribution < 1.29 is 4.43 Å². The average Bonchev–Trinajstić information content (AvgIpc) is 2.34. The summed E-state index contributed by atoms with van der Waals surface area (Å²) in [6.07, 6.45) is 9.28. The van der Waals surface area contributed by atoms with E-state index in [-0.39, 0.29) is 0 Å². The Bertz CT molecular complexity index is 273. The van der Waals surface area contributed by atoms with Gasteiger partial charge in [-0.05, 0) is 80.3 Å². The van der Waals surface area contributed by atoms with E-state index in [1.807, 2.05) is 0 Å². The highest BCUT2D eigenvalue weighted by atomic mass is 28.4. The maximum Gasteiger partial charge on any atom is 0.198 e. The summed E-state index contributed by atoms with van der Waals surface area (Å²) in [5.74, 6) is 3.21. The zero-order valence-electron chi connectivity index (χ0n) is 12.5. The van der Waals surface area contributed by atoms with Gasteiger partial charge in [0.05, 0.1) is 0 Å². The Balaban J connectivity index is 1.93. The first kappa shape index (κ1) is 13.2. The van der Waals surface area contributed by atoms with E-state index in [0.29, 0.717) is 5.04 Å². The van der Waals surface area contributed by atoms with E-state index < -0.39 is 8.32 Å². The minimum Gasteiger partial charge on any atom is -0.417 e. The summed E-state index contributed by atoms with van der Waals surface area (Å²) in [6.45, 7) is 8.01. The molecule has 0 amide bonds. The molecule has 104 valence electrons. The van der Waals surface area contributed by atoms with Crippen molar-refractivity contribution in [2.24, 2.45) is 17.8 Å². The van der Waals surface area contributed by atoms with E-state index in [2.05, 4.69) is 20.8 Å². The molecule has 4 saturated carbocycles. The van der Waals surface area contributed by atoms with E-state index in [1.54, 1.807) is 19.3 Å². The van der Waals surface area contributed by atoms with Crippen LogP contribution in [0.2, 0.25) is 17.1 Å². The largest absolute Gasteiger partial charge is 0.417 e. The van der Waals surface area contributed by atoms with Crippen LogP contribution in [0.1, 0.15) is 59.3 Å². The van der Waals surface area contributed by atoms with Crippen LogP contribution >= 0.6 is 0 Å². The van der Waals surface area contributed by atoms with Crippen LogP contribution in [0.25, 0.3) is 0 Å². The SMILES string of the molecule is CCO[Si](CC)(CC)C12CC3CC(CC(C3)C1)C2. The summed E-state index contributed by atoms with van der Waals surface area (Å²) in [7, 11) is -1.49. The second-order valence-electron chi connectivity index (χ2n) is 7.33. The summed E-state index contributed by atoms with van der Waals surface area (Å²) in [5.41, 5.74) is 0. The molecule has 0 N–H and O–H groups in total. The van der Waals surface area contributed by atoms with Gasteiger partial charge in [-0.2, -0.15) is 0 Å². The molecule has 0 unspecified atom stereocenters. The van der Waals surface area contributed by atoms with E-state index in [1.165, 1.54) is 31.4 Å². The van der Waals surface area contributed by atoms with Gasteiger partial charge in [0.2, 0.25) is 0 Å². The quantitative estimate of drug-likeness (QED) is 0.638. The minimum absolute atomic E-state index is 0.682. The van der Waals surface area contributed by atoms with E-state index in [0.717, 1.165) is 24.4 Å². The van der Waals surface area contributed by atoms with Crippen LogP contribution in [-0.4, -0.2) is 14.9 Å². The zero-order chi connectivity index (χ0) is 12.8. The predicted molar refractivity (Wildman–Crippen MR) is 79.2 cm³/mol. The maximum absolute atomic E-state index is 6.55. The monoisotopic (exact) mass is 266 g/mol. The first-order chi connectivity index (χ1) is 8.67. The standard InChI is InChI=1S/C16H30OSi/c1-4-17-18(5-2,6-3)16-10-13-7-14(11-16)9-15(8-13)12-16/h13-15H,4-12H2,1-3H3. The van der Waals surface area contributed by atoms with Gasteiger partial charge in [-0.25, -0.2) is 0 Å². The smallest absolute Gasteiger partial charge is 0.198 e. The molecule has 0 heterocycles. The Morgan fingerprint density at radius 1 is 0.889 bits per heavy atom. The van der Waals surface area contributed by atoms with Gasteiger partial charge in [0.25, 0.3) is 0 Å². The first-order valence-corrected chi connectivity index (χ1v) is 10.6. The second kappa shape index (κ2) is 4.62. The molecule has 4 aliphatic carbocycles. The lowest BCUT2D eigenvalue weighted by atomic mass is 9.56. The van der Waals surface area contributed by atoms with Gasteiger partial charge < -0.3 is 4.43 Å². The van der Waals surface area contributed by atoms with Gasteiger partial charge in [0.15, 0.2) is 8.32 Å². The Kier molecular flexibility index (Phi) is 3.38. The summed E-state index contributed by atoms with van der Waals surface area (Å²) in [6, 6.07) is 2.70. The van der Waals surface area contributed by atoms with Crippen LogP contribution in [-0.2, 0) is 4.43 Å². The molecule has 0 aromatic rings. The number of hydrogen-bond donors (Lipinski definition) is 0. The third-order valence-corrected chi connectivity index (χ3v) is 12.2. The third kappa shape index (κ3) is 1.75. The summed E-state index contributed by atoms with van der Waals surface area (Å²) >= 11 is 0. The van der Waals surface area contributed by atoms with Crippen molar-refractivity contribution in [2.75, 3.05) is 6.61 Å². The van der Waals surface area contributed by atoms with Crippen LogP contribution in [0.15, 0.2) is 0 Å². The van der Waals surface area contributed by atoms with E-state index >= 15 is 0 Å². The predicted octanol–water partition coefficient (Wildman–Crippen LogP) is 4.98. The highest BCUT2D eigenvalue weighted by molar-refractivity contribution is 6.76.